The summed E-state index contributed by atoms with van der Waals surface area (Å²) < 4.78 is 0. The maximum absolute atomic E-state index is 10.8. The monoisotopic (exact) mass is 283 g/mol. The number of aliphatic hydroxyl groups is 1. The largest absolute Gasteiger partial charge is 0.388 e. The van der Waals surface area contributed by atoms with Gasteiger partial charge in [0.15, 0.2) is 0 Å². The molecule has 0 aliphatic rings. The fourth-order valence-electron chi connectivity index (χ4n) is 2.25. The van der Waals surface area contributed by atoms with Crippen molar-refractivity contribution in [3.05, 3.63) is 70.0 Å². The third-order valence-corrected chi connectivity index (χ3v) is 3.29. The minimum Gasteiger partial charge on any atom is -0.388 e. The highest BCUT2D eigenvalue weighted by atomic mass is 16.6. The lowest BCUT2D eigenvalue weighted by Gasteiger charge is -2.08. The molecule has 0 bridgehead atoms. The van der Waals surface area contributed by atoms with E-state index in [1.807, 2.05) is 24.3 Å². The first-order valence-corrected chi connectivity index (χ1v) is 6.49. The van der Waals surface area contributed by atoms with E-state index in [4.69, 9.17) is 0 Å². The summed E-state index contributed by atoms with van der Waals surface area (Å²) in [6, 6.07) is 13.6. The van der Waals surface area contributed by atoms with E-state index in [1.165, 1.54) is 12.1 Å². The minimum atomic E-state index is -0.842. The molecule has 0 fully saturated rings. The molecule has 1 heterocycles. The van der Waals surface area contributed by atoms with E-state index in [-0.39, 0.29) is 12.1 Å². The van der Waals surface area contributed by atoms with E-state index < -0.39 is 11.0 Å². The number of para-hydroxylation sites is 2. The number of benzene rings is 2. The Morgan fingerprint density at radius 1 is 1.24 bits per heavy atom. The second kappa shape index (κ2) is 5.34. The Labute approximate surface area is 120 Å². The SMILES string of the molecule is O=[N+]([O-])c1cccc([C@H](O)Cc2nc3ccccc3[nH]2)c1. The number of fused-ring (bicyclic) bond motifs is 1. The van der Waals surface area contributed by atoms with Crippen LogP contribution in [0.25, 0.3) is 11.0 Å². The van der Waals surface area contributed by atoms with E-state index in [1.54, 1.807) is 12.1 Å². The molecular formula is C15H13N3O3. The first-order chi connectivity index (χ1) is 10.1. The normalized spacial score (nSPS) is 12.4. The summed E-state index contributed by atoms with van der Waals surface area (Å²) in [6.07, 6.45) is -0.569. The van der Waals surface area contributed by atoms with E-state index in [0.717, 1.165) is 11.0 Å². The summed E-state index contributed by atoms with van der Waals surface area (Å²) >= 11 is 0. The van der Waals surface area contributed by atoms with Crippen LogP contribution in [-0.4, -0.2) is 20.0 Å². The van der Waals surface area contributed by atoms with E-state index in [9.17, 15) is 15.2 Å². The lowest BCUT2D eigenvalue weighted by atomic mass is 10.1. The van der Waals surface area contributed by atoms with Crippen LogP contribution in [0.2, 0.25) is 0 Å². The number of aromatic amines is 1. The molecule has 6 nitrogen and oxygen atoms in total. The molecule has 2 N–H and O–H groups in total. The van der Waals surface area contributed by atoms with Crippen molar-refractivity contribution in [3.63, 3.8) is 0 Å². The number of hydrogen-bond donors (Lipinski definition) is 2. The zero-order chi connectivity index (χ0) is 14.8. The van der Waals surface area contributed by atoms with Crippen molar-refractivity contribution >= 4 is 16.7 Å². The molecule has 0 radical (unpaired) electrons. The van der Waals surface area contributed by atoms with Crippen molar-refractivity contribution in [2.75, 3.05) is 0 Å². The van der Waals surface area contributed by atoms with Gasteiger partial charge < -0.3 is 10.1 Å². The Bertz CT molecular complexity index is 764. The lowest BCUT2D eigenvalue weighted by molar-refractivity contribution is -0.385. The maximum Gasteiger partial charge on any atom is 0.269 e. The first-order valence-electron chi connectivity index (χ1n) is 6.49. The number of hydrogen-bond acceptors (Lipinski definition) is 4. The number of aliphatic hydroxyl groups excluding tert-OH is 1. The van der Waals surface area contributed by atoms with Crippen LogP contribution in [0.5, 0.6) is 0 Å². The van der Waals surface area contributed by atoms with Crippen LogP contribution >= 0.6 is 0 Å². The highest BCUT2D eigenvalue weighted by Crippen LogP contribution is 2.22. The van der Waals surface area contributed by atoms with Gasteiger partial charge in [0.1, 0.15) is 5.82 Å². The second-order valence-corrected chi connectivity index (χ2v) is 4.77. The fraction of sp³-hybridized carbons (Fsp3) is 0.133. The third kappa shape index (κ3) is 2.75. The predicted molar refractivity (Wildman–Crippen MR) is 77.9 cm³/mol. The van der Waals surface area contributed by atoms with Crippen LogP contribution in [-0.2, 0) is 6.42 Å². The molecule has 1 aromatic heterocycles. The van der Waals surface area contributed by atoms with Gasteiger partial charge in [-0.15, -0.1) is 0 Å². The van der Waals surface area contributed by atoms with E-state index in [2.05, 4.69) is 9.97 Å². The number of nitrogens with zero attached hydrogens (tertiary/aromatic N) is 2. The highest BCUT2D eigenvalue weighted by Gasteiger charge is 2.14. The number of nitrogens with one attached hydrogen (secondary N) is 1. The van der Waals surface area contributed by atoms with Gasteiger partial charge in [0.05, 0.1) is 22.1 Å². The molecular weight excluding hydrogens is 270 g/mol. The summed E-state index contributed by atoms with van der Waals surface area (Å²) in [5, 5.41) is 21.0. The third-order valence-electron chi connectivity index (χ3n) is 3.29. The van der Waals surface area contributed by atoms with Crippen LogP contribution in [0.4, 0.5) is 5.69 Å². The first kappa shape index (κ1) is 13.3. The van der Waals surface area contributed by atoms with Crippen LogP contribution in [0.1, 0.15) is 17.5 Å². The molecule has 0 aliphatic heterocycles. The number of nitro groups is 1. The Morgan fingerprint density at radius 3 is 2.81 bits per heavy atom. The van der Waals surface area contributed by atoms with Gasteiger partial charge in [-0.3, -0.25) is 10.1 Å². The minimum absolute atomic E-state index is 0.0313. The topological polar surface area (TPSA) is 92.1 Å². The molecule has 3 aromatic rings. The smallest absolute Gasteiger partial charge is 0.269 e. The maximum atomic E-state index is 10.8. The molecule has 0 unspecified atom stereocenters. The summed E-state index contributed by atoms with van der Waals surface area (Å²) in [4.78, 5) is 17.8. The van der Waals surface area contributed by atoms with E-state index in [0.29, 0.717) is 11.4 Å². The molecule has 0 amide bonds. The zero-order valence-electron chi connectivity index (χ0n) is 11.1. The summed E-state index contributed by atoms with van der Waals surface area (Å²) in [7, 11) is 0. The quantitative estimate of drug-likeness (QED) is 0.569. The average molecular weight is 283 g/mol. The van der Waals surface area contributed by atoms with Crippen molar-refractivity contribution in [3.8, 4) is 0 Å². The van der Waals surface area contributed by atoms with Gasteiger partial charge in [0.2, 0.25) is 0 Å². The number of imidazole rings is 1. The Morgan fingerprint density at radius 2 is 2.05 bits per heavy atom. The molecule has 3 rings (SSSR count). The van der Waals surface area contributed by atoms with Crippen LogP contribution in [0.15, 0.2) is 48.5 Å². The molecule has 1 atom stereocenters. The summed E-state index contributed by atoms with van der Waals surface area (Å²) in [5.74, 6) is 0.648. The highest BCUT2D eigenvalue weighted by molar-refractivity contribution is 5.74. The number of nitro benzene ring substituents is 1. The van der Waals surface area contributed by atoms with Gasteiger partial charge in [0, 0.05) is 18.6 Å². The van der Waals surface area contributed by atoms with Crippen LogP contribution in [0, 0.1) is 10.1 Å². The fourth-order valence-corrected chi connectivity index (χ4v) is 2.25. The summed E-state index contributed by atoms with van der Waals surface area (Å²) in [6.45, 7) is 0. The molecule has 106 valence electrons. The van der Waals surface area contributed by atoms with Crippen molar-refractivity contribution in [1.82, 2.24) is 9.97 Å². The average Bonchev–Trinajstić information content (AvgIpc) is 2.89. The van der Waals surface area contributed by atoms with Crippen molar-refractivity contribution in [2.24, 2.45) is 0 Å². The molecule has 2 aromatic carbocycles. The Hall–Kier alpha value is -2.73. The number of H-pyrrole nitrogens is 1. The Balaban J connectivity index is 1.83. The van der Waals surface area contributed by atoms with Crippen LogP contribution < -0.4 is 0 Å². The van der Waals surface area contributed by atoms with Gasteiger partial charge in [-0.2, -0.15) is 0 Å². The van der Waals surface area contributed by atoms with Crippen molar-refractivity contribution < 1.29 is 10.0 Å². The molecule has 21 heavy (non-hydrogen) atoms. The van der Waals surface area contributed by atoms with Gasteiger partial charge in [-0.05, 0) is 17.7 Å². The molecule has 0 saturated heterocycles. The van der Waals surface area contributed by atoms with Crippen molar-refractivity contribution in [1.29, 1.82) is 0 Å². The zero-order valence-corrected chi connectivity index (χ0v) is 11.1. The van der Waals surface area contributed by atoms with Crippen LogP contribution in [0.3, 0.4) is 0 Å². The van der Waals surface area contributed by atoms with Gasteiger partial charge >= 0.3 is 0 Å². The summed E-state index contributed by atoms with van der Waals surface area (Å²) in [5.41, 5.74) is 2.21. The van der Waals surface area contributed by atoms with Gasteiger partial charge in [-0.1, -0.05) is 24.3 Å². The molecule has 0 spiro atoms. The molecule has 0 saturated carbocycles. The second-order valence-electron chi connectivity index (χ2n) is 4.77. The van der Waals surface area contributed by atoms with Gasteiger partial charge in [0.25, 0.3) is 5.69 Å². The number of non-ortho nitro benzene ring substituents is 1. The lowest BCUT2D eigenvalue weighted by Crippen LogP contribution is -2.03. The standard InChI is InChI=1S/C15H13N3O3/c19-14(10-4-3-5-11(8-10)18(20)21)9-15-16-12-6-1-2-7-13(12)17-15/h1-8,14,19H,9H2,(H,16,17)/t14-/m1/s1. The Kier molecular flexibility index (Phi) is 3.37. The van der Waals surface area contributed by atoms with Crippen molar-refractivity contribution in [2.45, 2.75) is 12.5 Å². The molecule has 6 heteroatoms. The van der Waals surface area contributed by atoms with E-state index >= 15 is 0 Å². The molecule has 0 aliphatic carbocycles. The predicted octanol–water partition coefficient (Wildman–Crippen LogP) is 2.75. The number of aromatic nitrogens is 2. The number of rotatable bonds is 4. The van der Waals surface area contributed by atoms with Gasteiger partial charge in [-0.25, -0.2) is 4.98 Å².